The molecule has 1 aromatic heterocycles. The quantitative estimate of drug-likeness (QED) is 0.779. The Morgan fingerprint density at radius 3 is 2.86 bits per heavy atom. The summed E-state index contributed by atoms with van der Waals surface area (Å²) in [5.41, 5.74) is 1.06. The molecular weight excluding hydrogens is 377 g/mol. The average Bonchev–Trinajstić information content (AvgIpc) is 2.87. The first kappa shape index (κ1) is 15.1. The van der Waals surface area contributed by atoms with Crippen molar-refractivity contribution in [1.82, 2.24) is 4.31 Å². The molecule has 1 aromatic carbocycles. The zero-order chi connectivity index (χ0) is 15.2. The number of hydrogen-bond acceptors (Lipinski definition) is 3. The van der Waals surface area contributed by atoms with Crippen LogP contribution in [0, 0.1) is 5.82 Å². The van der Waals surface area contributed by atoms with Gasteiger partial charge in [0.2, 0.25) is 10.0 Å². The Bertz CT molecular complexity index is 788. The van der Waals surface area contributed by atoms with Crippen LogP contribution in [-0.2, 0) is 16.4 Å². The topological polar surface area (TPSA) is 37.4 Å². The van der Waals surface area contributed by atoms with Gasteiger partial charge in [-0.15, -0.1) is 11.3 Å². The van der Waals surface area contributed by atoms with Crippen LogP contribution in [0.25, 0.3) is 0 Å². The lowest BCUT2D eigenvalue weighted by molar-refractivity contribution is 0.329. The van der Waals surface area contributed by atoms with E-state index in [9.17, 15) is 12.8 Å². The van der Waals surface area contributed by atoms with Crippen molar-refractivity contribution in [2.75, 3.05) is 6.54 Å². The molecule has 0 saturated heterocycles. The highest BCUT2D eigenvalue weighted by molar-refractivity contribution is 9.10. The van der Waals surface area contributed by atoms with Gasteiger partial charge >= 0.3 is 0 Å². The second-order valence-corrected chi connectivity index (χ2v) is 8.63. The van der Waals surface area contributed by atoms with Crippen LogP contribution in [0.3, 0.4) is 0 Å². The summed E-state index contributed by atoms with van der Waals surface area (Å²) in [6.07, 6.45) is 0.718. The van der Waals surface area contributed by atoms with Crippen molar-refractivity contribution in [1.29, 1.82) is 0 Å². The SMILES string of the molecule is CC1c2ccsc2CCN1S(=O)(=O)c1ccc(F)cc1Br. The standard InChI is InChI=1S/C14H13BrFNO2S2/c1-9-11-5-7-20-13(11)4-6-17(9)21(18,19)14-3-2-10(16)8-12(14)15/h2-3,5,7-9H,4,6H2,1H3. The van der Waals surface area contributed by atoms with E-state index in [1.807, 2.05) is 18.4 Å². The first-order chi connectivity index (χ1) is 9.91. The van der Waals surface area contributed by atoms with Gasteiger partial charge < -0.3 is 0 Å². The summed E-state index contributed by atoms with van der Waals surface area (Å²) in [6, 6.07) is 5.43. The van der Waals surface area contributed by atoms with Gasteiger partial charge in [-0.3, -0.25) is 0 Å². The van der Waals surface area contributed by atoms with E-state index in [4.69, 9.17) is 0 Å². The minimum absolute atomic E-state index is 0.106. The molecule has 2 aromatic rings. The van der Waals surface area contributed by atoms with E-state index in [0.717, 1.165) is 12.0 Å². The van der Waals surface area contributed by atoms with Crippen LogP contribution in [0.4, 0.5) is 4.39 Å². The maximum Gasteiger partial charge on any atom is 0.244 e. The first-order valence-corrected chi connectivity index (χ1v) is 9.55. The number of benzene rings is 1. The molecule has 2 heterocycles. The molecule has 0 aliphatic carbocycles. The molecule has 112 valence electrons. The molecule has 0 saturated carbocycles. The van der Waals surface area contributed by atoms with E-state index in [2.05, 4.69) is 15.9 Å². The van der Waals surface area contributed by atoms with E-state index in [1.165, 1.54) is 27.4 Å². The summed E-state index contributed by atoms with van der Waals surface area (Å²) >= 11 is 4.81. The van der Waals surface area contributed by atoms with E-state index in [1.54, 1.807) is 11.3 Å². The first-order valence-electron chi connectivity index (χ1n) is 6.44. The molecule has 1 aliphatic rings. The van der Waals surface area contributed by atoms with Crippen LogP contribution in [0.2, 0.25) is 0 Å². The molecule has 3 nitrogen and oxygen atoms in total. The molecule has 0 amide bonds. The number of nitrogens with zero attached hydrogens (tertiary/aromatic N) is 1. The van der Waals surface area contributed by atoms with Crippen LogP contribution < -0.4 is 0 Å². The molecule has 0 fully saturated rings. The van der Waals surface area contributed by atoms with Crippen LogP contribution in [-0.4, -0.2) is 19.3 Å². The minimum Gasteiger partial charge on any atom is -0.207 e. The fraction of sp³-hybridized carbons (Fsp3) is 0.286. The van der Waals surface area contributed by atoms with Crippen molar-refractivity contribution in [3.63, 3.8) is 0 Å². The van der Waals surface area contributed by atoms with Crippen LogP contribution in [0.15, 0.2) is 39.0 Å². The summed E-state index contributed by atoms with van der Waals surface area (Å²) in [7, 11) is -3.65. The molecule has 1 aliphatic heterocycles. The number of rotatable bonds is 2. The number of halogens is 2. The van der Waals surface area contributed by atoms with Gasteiger partial charge in [-0.25, -0.2) is 12.8 Å². The molecular formula is C14H13BrFNO2S2. The van der Waals surface area contributed by atoms with Gasteiger partial charge in [-0.1, -0.05) is 0 Å². The van der Waals surface area contributed by atoms with Crippen LogP contribution in [0.1, 0.15) is 23.4 Å². The molecule has 3 rings (SSSR count). The van der Waals surface area contributed by atoms with Crippen molar-refractivity contribution >= 4 is 37.3 Å². The van der Waals surface area contributed by atoms with E-state index >= 15 is 0 Å². The molecule has 7 heteroatoms. The second kappa shape index (κ2) is 5.46. The second-order valence-electron chi connectivity index (χ2n) is 4.92. The fourth-order valence-corrected chi connectivity index (χ4v) is 6.21. The Kier molecular flexibility index (Phi) is 3.94. The van der Waals surface area contributed by atoms with Crippen LogP contribution in [0.5, 0.6) is 0 Å². The summed E-state index contributed by atoms with van der Waals surface area (Å²) in [6.45, 7) is 2.33. The molecule has 0 bridgehead atoms. The number of thiophene rings is 1. The zero-order valence-corrected chi connectivity index (χ0v) is 14.4. The monoisotopic (exact) mass is 389 g/mol. The summed E-state index contributed by atoms with van der Waals surface area (Å²) in [5.74, 6) is -0.465. The molecule has 0 radical (unpaired) electrons. The van der Waals surface area contributed by atoms with Gasteiger partial charge in [0.25, 0.3) is 0 Å². The van der Waals surface area contributed by atoms with Crippen molar-refractivity contribution < 1.29 is 12.8 Å². The van der Waals surface area contributed by atoms with Crippen molar-refractivity contribution in [3.8, 4) is 0 Å². The third-order valence-corrected chi connectivity index (χ3v) is 7.64. The van der Waals surface area contributed by atoms with Gasteiger partial charge in [0.05, 0.1) is 4.90 Å². The predicted molar refractivity (Wildman–Crippen MR) is 84.4 cm³/mol. The molecule has 21 heavy (non-hydrogen) atoms. The Labute approximate surface area is 135 Å². The number of hydrogen-bond donors (Lipinski definition) is 0. The highest BCUT2D eigenvalue weighted by Gasteiger charge is 2.35. The summed E-state index contributed by atoms with van der Waals surface area (Å²) in [5, 5.41) is 1.99. The van der Waals surface area contributed by atoms with Crippen LogP contribution >= 0.6 is 27.3 Å². The Hall–Kier alpha value is -0.760. The average molecular weight is 390 g/mol. The molecule has 0 spiro atoms. The highest BCUT2D eigenvalue weighted by atomic mass is 79.9. The van der Waals surface area contributed by atoms with Gasteiger partial charge in [0.1, 0.15) is 5.82 Å². The lowest BCUT2D eigenvalue weighted by Crippen LogP contribution is -2.38. The van der Waals surface area contributed by atoms with Gasteiger partial charge in [-0.2, -0.15) is 4.31 Å². The lowest BCUT2D eigenvalue weighted by atomic mass is 10.0. The Morgan fingerprint density at radius 2 is 2.14 bits per heavy atom. The molecule has 1 unspecified atom stereocenters. The van der Waals surface area contributed by atoms with Gasteiger partial charge in [0.15, 0.2) is 0 Å². The highest BCUT2D eigenvalue weighted by Crippen LogP contribution is 2.37. The smallest absolute Gasteiger partial charge is 0.207 e. The van der Waals surface area contributed by atoms with E-state index in [0.29, 0.717) is 6.54 Å². The minimum atomic E-state index is -3.65. The summed E-state index contributed by atoms with van der Waals surface area (Å²) in [4.78, 5) is 1.35. The van der Waals surface area contributed by atoms with Crippen molar-refractivity contribution in [2.45, 2.75) is 24.3 Å². The molecule has 1 atom stereocenters. The van der Waals surface area contributed by atoms with Crippen molar-refractivity contribution in [3.05, 3.63) is 50.4 Å². The third kappa shape index (κ3) is 2.56. The number of sulfonamides is 1. The van der Waals surface area contributed by atoms with Gasteiger partial charge in [-0.05, 0) is 64.5 Å². The third-order valence-electron chi connectivity index (χ3n) is 3.70. The molecule has 0 N–H and O–H groups in total. The predicted octanol–water partition coefficient (Wildman–Crippen LogP) is 3.96. The van der Waals surface area contributed by atoms with E-state index < -0.39 is 15.8 Å². The fourth-order valence-electron chi connectivity index (χ4n) is 2.63. The van der Waals surface area contributed by atoms with E-state index in [-0.39, 0.29) is 15.4 Å². The largest absolute Gasteiger partial charge is 0.244 e. The zero-order valence-electron chi connectivity index (χ0n) is 11.2. The Balaban J connectivity index is 2.03. The lowest BCUT2D eigenvalue weighted by Gasteiger charge is -2.32. The normalized spacial score (nSPS) is 19.5. The summed E-state index contributed by atoms with van der Waals surface area (Å²) < 4.78 is 40.6. The van der Waals surface area contributed by atoms with Gasteiger partial charge in [0, 0.05) is 21.9 Å². The number of fused-ring (bicyclic) bond motifs is 1. The maximum absolute atomic E-state index is 13.2. The van der Waals surface area contributed by atoms with Crippen molar-refractivity contribution in [2.24, 2.45) is 0 Å². The Morgan fingerprint density at radius 1 is 1.38 bits per heavy atom. The maximum atomic E-state index is 13.2.